The first-order valence-electron chi connectivity index (χ1n) is 7.12. The van der Waals surface area contributed by atoms with E-state index in [1.807, 2.05) is 0 Å². The molecule has 2 unspecified atom stereocenters. The average Bonchev–Trinajstić information content (AvgIpc) is 2.59. The molecule has 0 spiro atoms. The Bertz CT molecular complexity index is 696. The lowest BCUT2D eigenvalue weighted by molar-refractivity contribution is -0.384. The molecule has 2 fully saturated rings. The average molecular weight is 353 g/mol. The summed E-state index contributed by atoms with van der Waals surface area (Å²) in [5, 5.41) is 20.8. The molecule has 3 rings (SSSR count). The number of thioether (sulfide) groups is 1. The number of benzene rings is 1. The number of fused-ring (bicyclic) bond motifs is 1. The van der Waals surface area contributed by atoms with Gasteiger partial charge in [-0.25, -0.2) is 4.79 Å². The van der Waals surface area contributed by atoms with Gasteiger partial charge in [-0.1, -0.05) is 0 Å². The van der Waals surface area contributed by atoms with Crippen LogP contribution in [0.25, 0.3) is 0 Å². The first-order valence-corrected chi connectivity index (χ1v) is 8.17. The Hall–Kier alpha value is -2.17. The number of carbonyl (C=O) groups excluding carboxylic acids is 2. The quantitative estimate of drug-likeness (QED) is 0.323. The minimum atomic E-state index is -1.78. The Kier molecular flexibility index (Phi) is 4.20. The highest BCUT2D eigenvalue weighted by molar-refractivity contribution is 8.00. The van der Waals surface area contributed by atoms with Crippen molar-refractivity contribution in [2.75, 3.05) is 12.3 Å². The number of carbonyl (C=O) groups is 2. The molecule has 1 aromatic rings. The maximum Gasteiger partial charge on any atom is 0.341 e. The molecule has 3 N–H and O–H groups in total. The molecule has 3 atom stereocenters. The Morgan fingerprint density at radius 3 is 2.79 bits per heavy atom. The molecule has 2 saturated heterocycles. The number of nitro groups is 1. The summed E-state index contributed by atoms with van der Waals surface area (Å²) in [4.78, 5) is 35.2. The Balaban J connectivity index is 1.58. The number of β-lactam (4-membered cyclic amide) rings is 1. The van der Waals surface area contributed by atoms with Crippen LogP contribution in [0.3, 0.4) is 0 Å². The third-order valence-corrected chi connectivity index (χ3v) is 5.54. The molecule has 2 aliphatic heterocycles. The first kappa shape index (κ1) is 16.7. The Morgan fingerprint density at radius 2 is 2.17 bits per heavy atom. The highest BCUT2D eigenvalue weighted by atomic mass is 32.2. The van der Waals surface area contributed by atoms with E-state index in [9.17, 15) is 24.8 Å². The van der Waals surface area contributed by atoms with Gasteiger partial charge in [0.25, 0.3) is 5.69 Å². The second-order valence-electron chi connectivity index (χ2n) is 5.72. The van der Waals surface area contributed by atoms with Crippen LogP contribution in [-0.4, -0.2) is 56.1 Å². The molecule has 0 saturated carbocycles. The number of nitrogens with two attached hydrogens (primary N) is 1. The molecular formula is C14H15N3O6S. The zero-order valence-corrected chi connectivity index (χ0v) is 13.3. The molecule has 2 heterocycles. The van der Waals surface area contributed by atoms with E-state index in [1.165, 1.54) is 40.9 Å². The number of aliphatic hydroxyl groups is 1. The smallest absolute Gasteiger partial charge is 0.341 e. The van der Waals surface area contributed by atoms with Crippen molar-refractivity contribution in [3.05, 3.63) is 39.9 Å². The van der Waals surface area contributed by atoms with Crippen LogP contribution in [0, 0.1) is 10.1 Å². The van der Waals surface area contributed by atoms with E-state index in [2.05, 4.69) is 0 Å². The van der Waals surface area contributed by atoms with Crippen molar-refractivity contribution in [2.45, 2.75) is 23.6 Å². The van der Waals surface area contributed by atoms with Gasteiger partial charge in [0.1, 0.15) is 18.0 Å². The van der Waals surface area contributed by atoms with Gasteiger partial charge in [-0.3, -0.25) is 14.9 Å². The molecular weight excluding hydrogens is 338 g/mol. The van der Waals surface area contributed by atoms with Crippen molar-refractivity contribution >= 4 is 29.3 Å². The van der Waals surface area contributed by atoms with Gasteiger partial charge in [0.05, 0.1) is 11.5 Å². The summed E-state index contributed by atoms with van der Waals surface area (Å²) in [5.74, 6) is -1.04. The molecule has 0 radical (unpaired) electrons. The predicted molar refractivity (Wildman–Crippen MR) is 83.8 cm³/mol. The third kappa shape index (κ3) is 2.83. The number of nitrogens with zero attached hydrogens (tertiary/aromatic N) is 2. The van der Waals surface area contributed by atoms with Crippen LogP contribution in [0.15, 0.2) is 24.3 Å². The Labute approximate surface area is 140 Å². The standard InChI is InChI=1S/C14H15N3O6S/c15-10-11(18)16-6-14(20,7-24-12(10)16)13(19)23-5-8-1-3-9(4-2-8)17(21)22/h1-4,10,12,20H,5-7,15H2/t10?,12-,14?/m1/s1. The molecule has 24 heavy (non-hydrogen) atoms. The number of non-ortho nitro benzene ring substituents is 1. The normalized spacial score (nSPS) is 28.8. The number of esters is 1. The number of amides is 1. The molecule has 10 heteroatoms. The fourth-order valence-electron chi connectivity index (χ4n) is 2.58. The van der Waals surface area contributed by atoms with E-state index >= 15 is 0 Å². The maximum absolute atomic E-state index is 12.2. The van der Waals surface area contributed by atoms with Crippen molar-refractivity contribution in [3.8, 4) is 0 Å². The van der Waals surface area contributed by atoms with Gasteiger partial charge in [-0.2, -0.15) is 0 Å². The van der Waals surface area contributed by atoms with Gasteiger partial charge in [-0.05, 0) is 17.7 Å². The third-order valence-electron chi connectivity index (χ3n) is 4.00. The van der Waals surface area contributed by atoms with Gasteiger partial charge in [0, 0.05) is 17.9 Å². The predicted octanol–water partition coefficient (Wildman–Crippen LogP) is -0.388. The second-order valence-corrected chi connectivity index (χ2v) is 6.83. The first-order chi connectivity index (χ1) is 11.3. The monoisotopic (exact) mass is 353 g/mol. The largest absolute Gasteiger partial charge is 0.459 e. The van der Waals surface area contributed by atoms with E-state index in [0.717, 1.165) is 0 Å². The fraction of sp³-hybridized carbons (Fsp3) is 0.429. The van der Waals surface area contributed by atoms with Crippen molar-refractivity contribution in [1.82, 2.24) is 4.90 Å². The lowest BCUT2D eigenvalue weighted by Crippen LogP contribution is -2.73. The minimum Gasteiger partial charge on any atom is -0.459 e. The van der Waals surface area contributed by atoms with Crippen molar-refractivity contribution in [1.29, 1.82) is 0 Å². The second kappa shape index (κ2) is 6.04. The number of rotatable bonds is 4. The zero-order valence-electron chi connectivity index (χ0n) is 12.5. The number of hydrogen-bond acceptors (Lipinski definition) is 8. The van der Waals surface area contributed by atoms with Crippen molar-refractivity contribution < 1.29 is 24.4 Å². The molecule has 0 aliphatic carbocycles. The highest BCUT2D eigenvalue weighted by Crippen LogP contribution is 2.37. The lowest BCUT2D eigenvalue weighted by atomic mass is 10.0. The van der Waals surface area contributed by atoms with E-state index in [1.54, 1.807) is 0 Å². The summed E-state index contributed by atoms with van der Waals surface area (Å²) in [6.07, 6.45) is 0. The molecule has 128 valence electrons. The van der Waals surface area contributed by atoms with E-state index in [4.69, 9.17) is 10.5 Å². The van der Waals surface area contributed by atoms with Gasteiger partial charge >= 0.3 is 5.97 Å². The van der Waals surface area contributed by atoms with Crippen LogP contribution in [0.4, 0.5) is 5.69 Å². The molecule has 0 bridgehead atoms. The van der Waals surface area contributed by atoms with E-state index in [0.29, 0.717) is 5.56 Å². The van der Waals surface area contributed by atoms with Crippen LogP contribution < -0.4 is 5.73 Å². The van der Waals surface area contributed by atoms with Gasteiger partial charge in [0.15, 0.2) is 5.60 Å². The SMILES string of the molecule is NC1C(=O)N2CC(O)(C(=O)OCc3ccc([N+](=O)[O-])cc3)CS[C@H]12. The molecule has 2 aliphatic rings. The van der Waals surface area contributed by atoms with Crippen LogP contribution >= 0.6 is 11.8 Å². The summed E-state index contributed by atoms with van der Waals surface area (Å²) in [5.41, 5.74) is 4.36. The summed E-state index contributed by atoms with van der Waals surface area (Å²) in [7, 11) is 0. The Morgan fingerprint density at radius 1 is 1.50 bits per heavy atom. The number of hydrogen-bond donors (Lipinski definition) is 2. The fourth-order valence-corrected chi connectivity index (χ4v) is 3.92. The molecule has 0 aromatic heterocycles. The lowest BCUT2D eigenvalue weighted by Gasteiger charge is -2.51. The van der Waals surface area contributed by atoms with Crippen molar-refractivity contribution in [3.63, 3.8) is 0 Å². The van der Waals surface area contributed by atoms with Crippen LogP contribution in [-0.2, 0) is 20.9 Å². The van der Waals surface area contributed by atoms with Gasteiger partial charge in [0.2, 0.25) is 5.91 Å². The van der Waals surface area contributed by atoms with E-state index in [-0.39, 0.29) is 35.9 Å². The maximum atomic E-state index is 12.2. The van der Waals surface area contributed by atoms with Gasteiger partial charge < -0.3 is 20.5 Å². The van der Waals surface area contributed by atoms with Crippen molar-refractivity contribution in [2.24, 2.45) is 5.73 Å². The van der Waals surface area contributed by atoms with E-state index < -0.39 is 22.5 Å². The van der Waals surface area contributed by atoms with Crippen LogP contribution in [0.2, 0.25) is 0 Å². The summed E-state index contributed by atoms with van der Waals surface area (Å²) >= 11 is 1.24. The topological polar surface area (TPSA) is 136 Å². The molecule has 9 nitrogen and oxygen atoms in total. The van der Waals surface area contributed by atoms with Crippen LogP contribution in [0.1, 0.15) is 5.56 Å². The van der Waals surface area contributed by atoms with Crippen LogP contribution in [0.5, 0.6) is 0 Å². The number of ether oxygens (including phenoxy) is 1. The molecule has 1 amide bonds. The van der Waals surface area contributed by atoms with Gasteiger partial charge in [-0.15, -0.1) is 11.8 Å². The summed E-state index contributed by atoms with van der Waals surface area (Å²) < 4.78 is 5.10. The number of nitro benzene ring substituents is 1. The highest BCUT2D eigenvalue weighted by Gasteiger charge is 2.55. The minimum absolute atomic E-state index is 0.0638. The summed E-state index contributed by atoms with van der Waals surface area (Å²) in [6, 6.07) is 4.96. The summed E-state index contributed by atoms with van der Waals surface area (Å²) in [6.45, 7) is -0.267. The zero-order chi connectivity index (χ0) is 17.5. The molecule has 1 aromatic carbocycles.